The highest BCUT2D eigenvalue weighted by Crippen LogP contribution is 2.22. The second kappa shape index (κ2) is 12.8. The second-order valence-corrected chi connectivity index (χ2v) is 9.34. The van der Waals surface area contributed by atoms with Crippen LogP contribution in [0.1, 0.15) is 78.1 Å². The lowest BCUT2D eigenvalue weighted by Crippen LogP contribution is -2.65. The molecule has 0 aromatic heterocycles. The van der Waals surface area contributed by atoms with Gasteiger partial charge in [0.1, 0.15) is 0 Å². The minimum absolute atomic E-state index is 0.0613. The van der Waals surface area contributed by atoms with E-state index in [1.165, 1.54) is 6.92 Å². The third-order valence-corrected chi connectivity index (χ3v) is 6.57. The van der Waals surface area contributed by atoms with E-state index in [1.54, 1.807) is 4.90 Å². The number of rotatable bonds is 11. The van der Waals surface area contributed by atoms with Crippen molar-refractivity contribution in [3.05, 3.63) is 0 Å². The van der Waals surface area contributed by atoms with Crippen LogP contribution in [0.4, 0.5) is 0 Å². The highest BCUT2D eigenvalue weighted by molar-refractivity contribution is 5.91. The molecule has 2 heterocycles. The molecule has 0 bridgehead atoms. The maximum atomic E-state index is 12.9. The van der Waals surface area contributed by atoms with Crippen molar-refractivity contribution < 1.29 is 24.3 Å². The Hall–Kier alpha value is -2.16. The van der Waals surface area contributed by atoms with Gasteiger partial charge in [-0.3, -0.25) is 14.4 Å². The van der Waals surface area contributed by atoms with Gasteiger partial charge in [0.05, 0.1) is 5.92 Å². The van der Waals surface area contributed by atoms with Crippen molar-refractivity contribution in [2.45, 2.75) is 83.7 Å². The maximum absolute atomic E-state index is 12.9. The summed E-state index contributed by atoms with van der Waals surface area (Å²) in [4.78, 5) is 51.3. The van der Waals surface area contributed by atoms with Crippen molar-refractivity contribution in [3.63, 3.8) is 0 Å². The number of carbonyl (C=O) groups is 4. The number of amides is 3. The van der Waals surface area contributed by atoms with Crippen LogP contribution in [0.25, 0.3) is 0 Å². The van der Waals surface area contributed by atoms with Crippen LogP contribution in [0.5, 0.6) is 0 Å². The van der Waals surface area contributed by atoms with Crippen molar-refractivity contribution in [1.82, 2.24) is 20.9 Å². The minimum atomic E-state index is -1.87. The Balaban J connectivity index is 1.87. The van der Waals surface area contributed by atoms with Crippen LogP contribution in [0.15, 0.2) is 0 Å². The summed E-state index contributed by atoms with van der Waals surface area (Å²) in [7, 11) is 0. The number of likely N-dealkylation sites (tertiary alicyclic amines) is 1. The van der Waals surface area contributed by atoms with E-state index in [9.17, 15) is 24.3 Å². The number of nitrogens with zero attached hydrogens (tertiary/aromatic N) is 1. The maximum Gasteiger partial charge on any atom is 0.350 e. The van der Waals surface area contributed by atoms with Gasteiger partial charge < -0.3 is 26.0 Å². The summed E-state index contributed by atoms with van der Waals surface area (Å²) in [6.45, 7) is 6.22. The molecule has 3 amide bonds. The van der Waals surface area contributed by atoms with Crippen LogP contribution >= 0.6 is 0 Å². The quantitative estimate of drug-likeness (QED) is 0.279. The van der Waals surface area contributed by atoms with Gasteiger partial charge in [-0.25, -0.2) is 4.79 Å². The molecule has 2 saturated heterocycles. The molecule has 4 N–H and O–H groups in total. The molecule has 2 aliphatic rings. The Kier molecular flexibility index (Phi) is 10.4. The van der Waals surface area contributed by atoms with Crippen LogP contribution < -0.4 is 16.0 Å². The van der Waals surface area contributed by atoms with Gasteiger partial charge in [0.2, 0.25) is 23.4 Å². The molecule has 32 heavy (non-hydrogen) atoms. The van der Waals surface area contributed by atoms with Gasteiger partial charge in [-0.1, -0.05) is 19.8 Å². The molecule has 9 heteroatoms. The number of carboxylic acids is 1. The zero-order chi connectivity index (χ0) is 23.6. The molecule has 182 valence electrons. The molecule has 0 aromatic rings. The molecule has 0 aromatic carbocycles. The third-order valence-electron chi connectivity index (χ3n) is 6.57. The topological polar surface area (TPSA) is 128 Å². The lowest BCUT2D eigenvalue weighted by atomic mass is 9.92. The molecule has 2 fully saturated rings. The molecule has 0 unspecified atom stereocenters. The van der Waals surface area contributed by atoms with Crippen LogP contribution in [0.2, 0.25) is 0 Å². The summed E-state index contributed by atoms with van der Waals surface area (Å²) >= 11 is 0. The molecule has 2 rings (SSSR count). The normalized spacial score (nSPS) is 21.4. The molecule has 0 radical (unpaired) electrons. The van der Waals surface area contributed by atoms with Crippen LogP contribution in [-0.2, 0) is 19.2 Å². The fourth-order valence-corrected chi connectivity index (χ4v) is 4.44. The standard InChI is InChI=1S/C23H40N4O5/c1-3-4-5-8-19(28)25-23(2,22(31)32)26-21(30)18-7-6-15-27(16-18)20(29)10-9-17-11-13-24-14-12-17/h17-18,24H,3-16H2,1-2H3,(H,25,28)(H,26,30)(H,31,32)/t18-,23-/m1/s1. The van der Waals surface area contributed by atoms with Gasteiger partial charge in [0, 0.05) is 25.9 Å². The highest BCUT2D eigenvalue weighted by atomic mass is 16.4. The van der Waals surface area contributed by atoms with E-state index in [0.29, 0.717) is 38.1 Å². The predicted octanol–water partition coefficient (Wildman–Crippen LogP) is 1.62. The summed E-state index contributed by atoms with van der Waals surface area (Å²) in [6, 6.07) is 0. The number of aliphatic carboxylic acids is 1. The fourth-order valence-electron chi connectivity index (χ4n) is 4.44. The lowest BCUT2D eigenvalue weighted by Gasteiger charge is -2.35. The molecule has 0 spiro atoms. The monoisotopic (exact) mass is 452 g/mol. The van der Waals surface area contributed by atoms with E-state index >= 15 is 0 Å². The van der Waals surface area contributed by atoms with E-state index in [-0.39, 0.29) is 18.9 Å². The highest BCUT2D eigenvalue weighted by Gasteiger charge is 2.39. The van der Waals surface area contributed by atoms with E-state index in [2.05, 4.69) is 16.0 Å². The molecular formula is C23H40N4O5. The summed E-state index contributed by atoms with van der Waals surface area (Å²) in [5, 5.41) is 17.9. The van der Waals surface area contributed by atoms with Gasteiger partial charge in [0.15, 0.2) is 0 Å². The van der Waals surface area contributed by atoms with Crippen molar-refractivity contribution >= 4 is 23.7 Å². The second-order valence-electron chi connectivity index (χ2n) is 9.34. The summed E-state index contributed by atoms with van der Waals surface area (Å²) in [6.07, 6.45) is 7.55. The Morgan fingerprint density at radius 1 is 1.06 bits per heavy atom. The molecule has 0 saturated carbocycles. The van der Waals surface area contributed by atoms with Gasteiger partial charge >= 0.3 is 5.97 Å². The van der Waals surface area contributed by atoms with E-state index in [1.807, 2.05) is 6.92 Å². The summed E-state index contributed by atoms with van der Waals surface area (Å²) in [5.74, 6) is -2.02. The average Bonchev–Trinajstić information content (AvgIpc) is 2.78. The third kappa shape index (κ3) is 8.07. The summed E-state index contributed by atoms with van der Waals surface area (Å²) in [5.41, 5.74) is -1.87. The Morgan fingerprint density at radius 2 is 1.78 bits per heavy atom. The first-order valence-corrected chi connectivity index (χ1v) is 12.1. The van der Waals surface area contributed by atoms with E-state index < -0.39 is 29.4 Å². The van der Waals surface area contributed by atoms with E-state index in [0.717, 1.165) is 45.2 Å². The largest absolute Gasteiger partial charge is 0.478 e. The summed E-state index contributed by atoms with van der Waals surface area (Å²) < 4.78 is 0. The minimum Gasteiger partial charge on any atom is -0.478 e. The number of hydrogen-bond acceptors (Lipinski definition) is 5. The molecule has 2 atom stereocenters. The Morgan fingerprint density at radius 3 is 2.44 bits per heavy atom. The number of carbonyl (C=O) groups excluding carboxylic acids is 3. The molecule has 2 aliphatic heterocycles. The van der Waals surface area contributed by atoms with Crippen LogP contribution in [0.3, 0.4) is 0 Å². The van der Waals surface area contributed by atoms with Crippen LogP contribution in [-0.4, -0.2) is 65.5 Å². The zero-order valence-corrected chi connectivity index (χ0v) is 19.6. The van der Waals surface area contributed by atoms with Gasteiger partial charge in [-0.2, -0.15) is 0 Å². The fraction of sp³-hybridized carbons (Fsp3) is 0.826. The number of carboxylic acid groups (broad SMARTS) is 1. The number of hydrogen-bond donors (Lipinski definition) is 4. The molecular weight excluding hydrogens is 412 g/mol. The zero-order valence-electron chi connectivity index (χ0n) is 19.6. The van der Waals surface area contributed by atoms with Crippen LogP contribution in [0, 0.1) is 11.8 Å². The Labute approximate surface area is 191 Å². The first-order chi connectivity index (χ1) is 15.2. The molecule has 0 aliphatic carbocycles. The smallest absolute Gasteiger partial charge is 0.350 e. The van der Waals surface area contributed by atoms with Gasteiger partial charge in [-0.05, 0) is 64.5 Å². The first-order valence-electron chi connectivity index (χ1n) is 12.1. The van der Waals surface area contributed by atoms with Crippen molar-refractivity contribution in [3.8, 4) is 0 Å². The van der Waals surface area contributed by atoms with Crippen molar-refractivity contribution in [2.24, 2.45) is 11.8 Å². The molecule has 9 nitrogen and oxygen atoms in total. The lowest BCUT2D eigenvalue weighted by molar-refractivity contribution is -0.152. The number of piperidine rings is 2. The van der Waals surface area contributed by atoms with Crippen molar-refractivity contribution in [2.75, 3.05) is 26.2 Å². The van der Waals surface area contributed by atoms with Crippen molar-refractivity contribution in [1.29, 1.82) is 0 Å². The predicted molar refractivity (Wildman–Crippen MR) is 121 cm³/mol. The number of nitrogens with one attached hydrogen (secondary N) is 3. The average molecular weight is 453 g/mol. The first kappa shape index (κ1) is 26.1. The van der Waals surface area contributed by atoms with Gasteiger partial charge in [0.25, 0.3) is 0 Å². The van der Waals surface area contributed by atoms with Gasteiger partial charge in [-0.15, -0.1) is 0 Å². The number of unbranched alkanes of at least 4 members (excludes halogenated alkanes) is 2. The SMILES string of the molecule is CCCCCC(=O)N[C@](C)(NC(=O)[C@@H]1CCCN(C(=O)CCC2CCNCC2)C1)C(=O)O. The Bertz CT molecular complexity index is 665. The van der Waals surface area contributed by atoms with E-state index in [4.69, 9.17) is 0 Å².